The van der Waals surface area contributed by atoms with E-state index in [9.17, 15) is 0 Å². The lowest BCUT2D eigenvalue weighted by atomic mass is 9.66. The van der Waals surface area contributed by atoms with Gasteiger partial charge in [0.1, 0.15) is 0 Å². The predicted molar refractivity (Wildman–Crippen MR) is 329 cm³/mol. The van der Waals surface area contributed by atoms with Crippen LogP contribution >= 0.6 is 0 Å². The molecule has 2 heteroatoms. The molecule has 12 rings (SSSR count). The third-order valence-corrected chi connectivity index (χ3v) is 19.8. The van der Waals surface area contributed by atoms with Crippen LogP contribution in [0.1, 0.15) is 160 Å². The molecule has 8 unspecified atom stereocenters. The Bertz CT molecular complexity index is 3080. The van der Waals surface area contributed by atoms with E-state index in [1.54, 1.807) is 5.57 Å². The van der Waals surface area contributed by atoms with E-state index < -0.39 is 0 Å². The maximum Gasteiger partial charge on any atom is 0.0560 e. The monoisotopic (exact) mass is 1010 g/mol. The maximum atomic E-state index is 4.08. The molecule has 2 aromatic carbocycles. The average Bonchev–Trinajstić information content (AvgIpc) is 3.98. The van der Waals surface area contributed by atoms with Crippen molar-refractivity contribution in [1.82, 2.24) is 4.90 Å². The van der Waals surface area contributed by atoms with Crippen LogP contribution < -0.4 is 4.90 Å². The van der Waals surface area contributed by atoms with Gasteiger partial charge in [-0.15, -0.1) is 6.58 Å². The number of benzene rings is 2. The summed E-state index contributed by atoms with van der Waals surface area (Å²) in [6.45, 7) is 13.7. The summed E-state index contributed by atoms with van der Waals surface area (Å²) in [5.41, 5.74) is 20.7. The minimum Gasteiger partial charge on any atom is -0.361 e. The highest BCUT2D eigenvalue weighted by molar-refractivity contribution is 5.93. The van der Waals surface area contributed by atoms with Gasteiger partial charge in [0, 0.05) is 34.3 Å². The Morgan fingerprint density at radius 3 is 2.30 bits per heavy atom. The lowest BCUT2D eigenvalue weighted by Crippen LogP contribution is -2.38. The Morgan fingerprint density at radius 1 is 0.714 bits per heavy atom. The molecule has 10 aliphatic rings. The molecule has 2 nitrogen and oxygen atoms in total. The van der Waals surface area contributed by atoms with Crippen LogP contribution in [0.5, 0.6) is 0 Å². The fourth-order valence-corrected chi connectivity index (χ4v) is 15.4. The Kier molecular flexibility index (Phi) is 15.0. The van der Waals surface area contributed by atoms with Crippen LogP contribution in [0.25, 0.3) is 11.1 Å². The van der Waals surface area contributed by atoms with Gasteiger partial charge < -0.3 is 9.80 Å². The Hall–Kier alpha value is -6.12. The molecule has 0 N–H and O–H groups in total. The van der Waals surface area contributed by atoms with E-state index in [1.165, 1.54) is 131 Å². The molecule has 0 bridgehead atoms. The van der Waals surface area contributed by atoms with Gasteiger partial charge in [0.2, 0.25) is 0 Å². The Morgan fingerprint density at radius 2 is 1.56 bits per heavy atom. The van der Waals surface area contributed by atoms with Crippen LogP contribution in [0.2, 0.25) is 0 Å². The van der Waals surface area contributed by atoms with Gasteiger partial charge in [-0.25, -0.2) is 0 Å². The van der Waals surface area contributed by atoms with Crippen molar-refractivity contribution in [1.29, 1.82) is 0 Å². The first-order valence-corrected chi connectivity index (χ1v) is 30.5. The number of hydrogen-bond donors (Lipinski definition) is 0. The zero-order valence-corrected chi connectivity index (χ0v) is 47.1. The highest BCUT2D eigenvalue weighted by Gasteiger charge is 2.50. The van der Waals surface area contributed by atoms with Gasteiger partial charge in [0.05, 0.1) is 18.1 Å². The van der Waals surface area contributed by atoms with Crippen molar-refractivity contribution < 1.29 is 0 Å². The molecule has 2 aromatic rings. The molecule has 9 aliphatic carbocycles. The second kappa shape index (κ2) is 22.3. The molecule has 77 heavy (non-hydrogen) atoms. The number of rotatable bonds is 16. The van der Waals surface area contributed by atoms with Crippen molar-refractivity contribution in [2.75, 3.05) is 4.90 Å². The topological polar surface area (TPSA) is 6.48 Å². The van der Waals surface area contributed by atoms with Crippen LogP contribution in [0, 0.1) is 29.1 Å². The van der Waals surface area contributed by atoms with Crippen LogP contribution in [-0.2, 0) is 5.41 Å². The molecule has 1 saturated heterocycles. The zero-order valence-electron chi connectivity index (χ0n) is 47.1. The van der Waals surface area contributed by atoms with Crippen molar-refractivity contribution >= 4 is 16.8 Å². The summed E-state index contributed by atoms with van der Waals surface area (Å²) in [5, 5.41) is 0. The molecule has 396 valence electrons. The third kappa shape index (κ3) is 10.1. The van der Waals surface area contributed by atoms with Crippen LogP contribution in [0.15, 0.2) is 228 Å². The number of likely N-dealkylation sites (tertiary alicyclic amines) is 1. The van der Waals surface area contributed by atoms with Crippen molar-refractivity contribution in [2.45, 2.75) is 167 Å². The van der Waals surface area contributed by atoms with Gasteiger partial charge in [0.15, 0.2) is 0 Å². The number of anilines is 1. The molecule has 0 saturated carbocycles. The highest BCUT2D eigenvalue weighted by Crippen LogP contribution is 2.59. The molecule has 1 fully saturated rings. The van der Waals surface area contributed by atoms with Gasteiger partial charge in [-0.1, -0.05) is 218 Å². The van der Waals surface area contributed by atoms with Crippen LogP contribution in [-0.4, -0.2) is 23.0 Å². The number of unbranched alkanes of at least 4 members (excludes halogenated alkanes) is 5. The molecule has 1 heterocycles. The molecule has 0 aromatic heterocycles. The van der Waals surface area contributed by atoms with Crippen LogP contribution in [0.3, 0.4) is 0 Å². The van der Waals surface area contributed by atoms with E-state index >= 15 is 0 Å². The van der Waals surface area contributed by atoms with E-state index in [0.717, 1.165) is 63.7 Å². The fraction of sp³-hybridized carbons (Fsp3) is 0.413. The van der Waals surface area contributed by atoms with E-state index in [2.05, 4.69) is 220 Å². The largest absolute Gasteiger partial charge is 0.361 e. The first kappa shape index (κ1) is 51.6. The van der Waals surface area contributed by atoms with Gasteiger partial charge in [0.25, 0.3) is 0 Å². The van der Waals surface area contributed by atoms with E-state index in [0.29, 0.717) is 35.3 Å². The van der Waals surface area contributed by atoms with Crippen LogP contribution in [0.4, 0.5) is 5.69 Å². The summed E-state index contributed by atoms with van der Waals surface area (Å²) < 4.78 is 0. The first-order valence-electron chi connectivity index (χ1n) is 30.5. The molecular weight excluding hydrogens is 929 g/mol. The third-order valence-electron chi connectivity index (χ3n) is 19.8. The standard InChI is InChI=1S/C75H86N2/c1-6-8-9-10-11-20-49-75(61-21-14-12-15-22-61)70-26-19-18-25-66(70)67-46-45-65(52-71(67)75)76(63-41-33-55(34-42-63)54-31-39-60(40-32-54)74(3,4)5)64-43-35-57(36-44-64)59-38-48-73-69(51-59)68-50-58(56-29-27-53(7-2)28-30-56)37-47-72(68)77(73)62-23-16-13-17-24-62/h7,13-14,16-19,21-23,25-27,29-31,33-35,37-38,41-43,46-48,51-53,60,62,65,68-69,73H,2,6,8-12,15,20,24,28,32,36,39-40,44-45,49-50H2,1,3-5H3. The number of allylic oxidation sites excluding steroid dienone is 25. The normalized spacial score (nSPS) is 29.0. The van der Waals surface area contributed by atoms with Gasteiger partial charge in [-0.05, 0) is 180 Å². The Balaban J connectivity index is 0.891. The molecule has 0 amide bonds. The summed E-state index contributed by atoms with van der Waals surface area (Å²) in [7, 11) is 0. The first-order chi connectivity index (χ1) is 37.7. The van der Waals surface area contributed by atoms with E-state index in [-0.39, 0.29) is 11.5 Å². The summed E-state index contributed by atoms with van der Waals surface area (Å²) in [6, 6.07) is 20.3. The lowest BCUT2D eigenvalue weighted by Gasteiger charge is -2.40. The molecule has 1 aliphatic heterocycles. The number of fused-ring (bicyclic) bond motifs is 6. The number of nitrogens with zero attached hydrogens (tertiary/aromatic N) is 2. The minimum atomic E-state index is -0.134. The minimum absolute atomic E-state index is 0.134. The smallest absolute Gasteiger partial charge is 0.0560 e. The number of hydrogen-bond acceptors (Lipinski definition) is 2. The summed E-state index contributed by atoms with van der Waals surface area (Å²) >= 11 is 0. The van der Waals surface area contributed by atoms with Crippen molar-refractivity contribution in [3.63, 3.8) is 0 Å². The lowest BCUT2D eigenvalue weighted by molar-refractivity contribution is 0.225. The SMILES string of the molecule is C=CC1C=CC(C2=CC=C3C(C2)C2C=C(C4=CC=C(N(c5ccc(C6=CCC(C(C)(C)C)CC6)cc5)C5C=C6C(=CC5)c5ccccc5C6(CCCCCCCC)C5=CCCC=C5)CC4)C=CC2N3C2C=CC=CC2)=CC1. The van der Waals surface area contributed by atoms with Gasteiger partial charge >= 0.3 is 0 Å². The molecule has 0 spiro atoms. The maximum absolute atomic E-state index is 4.08. The van der Waals surface area contributed by atoms with E-state index in [4.69, 9.17) is 0 Å². The highest BCUT2D eigenvalue weighted by atomic mass is 15.2. The summed E-state index contributed by atoms with van der Waals surface area (Å²) in [4.78, 5) is 5.55. The summed E-state index contributed by atoms with van der Waals surface area (Å²) in [5.74, 6) is 2.06. The second-order valence-corrected chi connectivity index (χ2v) is 25.3. The van der Waals surface area contributed by atoms with Crippen molar-refractivity contribution in [3.8, 4) is 0 Å². The van der Waals surface area contributed by atoms with Crippen molar-refractivity contribution in [2.24, 2.45) is 29.1 Å². The van der Waals surface area contributed by atoms with Gasteiger partial charge in [-0.2, -0.15) is 0 Å². The molecule has 0 radical (unpaired) electrons. The fourth-order valence-electron chi connectivity index (χ4n) is 15.4. The molecule has 8 atom stereocenters. The van der Waals surface area contributed by atoms with Gasteiger partial charge in [-0.3, -0.25) is 0 Å². The van der Waals surface area contributed by atoms with E-state index in [1.807, 2.05) is 0 Å². The quantitative estimate of drug-likeness (QED) is 0.122. The second-order valence-electron chi connectivity index (χ2n) is 25.3. The molecular formula is C75H86N2. The average molecular weight is 1020 g/mol. The van der Waals surface area contributed by atoms with Crippen molar-refractivity contribution in [3.05, 3.63) is 244 Å². The zero-order chi connectivity index (χ0) is 52.5. The predicted octanol–water partition coefficient (Wildman–Crippen LogP) is 19.6. The summed E-state index contributed by atoms with van der Waals surface area (Å²) in [6.07, 6.45) is 72.9. The Labute approximate surface area is 464 Å².